The third-order valence-electron chi connectivity index (χ3n) is 0.581. The molecule has 1 saturated heterocycles. The van der Waals surface area contributed by atoms with Crippen LogP contribution in [0.1, 0.15) is 0 Å². The van der Waals surface area contributed by atoms with Crippen LogP contribution >= 0.6 is 0 Å². The van der Waals surface area contributed by atoms with E-state index >= 15 is 0 Å². The topological polar surface area (TPSA) is 3.01 Å². The Kier molecular flexibility index (Phi) is 1.88. The van der Waals surface area contributed by atoms with Gasteiger partial charge in [0, 0.05) is 0 Å². The van der Waals surface area contributed by atoms with Gasteiger partial charge in [0.05, 0.1) is 0 Å². The maximum Gasteiger partial charge on any atom is 0.345 e. The van der Waals surface area contributed by atoms with Crippen molar-refractivity contribution < 1.29 is 13.3 Å². The second kappa shape index (κ2) is 2.05. The van der Waals surface area contributed by atoms with Crippen LogP contribution < -0.4 is 0 Å². The maximum absolute atomic E-state index is 11.1. The Balaban J connectivity index is 0.000000222. The molecule has 8 heavy (non-hydrogen) atoms. The quantitative estimate of drug-likeness (QED) is 0.201. The molecule has 1 fully saturated rings. The molecule has 0 aliphatic carbocycles. The molecule has 1 nitrogen and oxygen atoms in total. The average molecular weight is 123 g/mol. The van der Waals surface area contributed by atoms with Crippen LogP contribution in [0.5, 0.6) is 0 Å². The Morgan fingerprint density at radius 3 is 1.50 bits per heavy atom. The predicted octanol–water partition coefficient (Wildman–Crippen LogP) is 1.03. The van der Waals surface area contributed by atoms with Crippen LogP contribution in [-0.2, 0) is 0 Å². The SMILES string of the molecule is C#C.FN1CC1(F)F. The molecule has 0 aromatic carbocycles. The molecule has 46 valence electrons. The summed E-state index contributed by atoms with van der Waals surface area (Å²) in [6, 6.07) is -3.12. The first-order chi connectivity index (χ1) is 3.63. The molecule has 0 aromatic rings. The van der Waals surface area contributed by atoms with Gasteiger partial charge in [0.2, 0.25) is 0 Å². The Morgan fingerprint density at radius 2 is 1.50 bits per heavy atom. The summed E-state index contributed by atoms with van der Waals surface area (Å²) in [6.45, 7) is -0.729. The predicted molar refractivity (Wildman–Crippen MR) is 22.7 cm³/mol. The fourth-order valence-electron chi connectivity index (χ4n) is 0.132. The Bertz CT molecular complexity index is 98.7. The molecule has 0 saturated carbocycles. The number of nitrogens with zero attached hydrogens (tertiary/aromatic N) is 1. The minimum absolute atomic E-state index is 0.521. The standard InChI is InChI=1S/C2H2F3N.C2H2/c3-2(4)1-6(2)5;1-2/h1H2;1-2H. The molecule has 4 heteroatoms. The fourth-order valence-corrected chi connectivity index (χ4v) is 0.132. The van der Waals surface area contributed by atoms with Crippen molar-refractivity contribution in [3.05, 3.63) is 0 Å². The molecule has 1 heterocycles. The van der Waals surface area contributed by atoms with Gasteiger partial charge < -0.3 is 0 Å². The zero-order chi connectivity index (χ0) is 6.78. The lowest BCUT2D eigenvalue weighted by Gasteiger charge is -1.80. The summed E-state index contributed by atoms with van der Waals surface area (Å²) in [5, 5.41) is -0.521. The molecule has 1 unspecified atom stereocenters. The lowest BCUT2D eigenvalue weighted by molar-refractivity contribution is -0.0306. The van der Waals surface area contributed by atoms with E-state index in [2.05, 4.69) is 12.8 Å². The summed E-state index contributed by atoms with van der Waals surface area (Å²) in [5.41, 5.74) is 0. The number of terminal acetylenes is 1. The second-order valence-electron chi connectivity index (χ2n) is 1.19. The van der Waals surface area contributed by atoms with Gasteiger partial charge in [-0.25, -0.2) is 0 Å². The number of alkyl halides is 2. The highest BCUT2D eigenvalue weighted by Gasteiger charge is 2.56. The van der Waals surface area contributed by atoms with E-state index < -0.39 is 17.7 Å². The van der Waals surface area contributed by atoms with Crippen LogP contribution in [-0.4, -0.2) is 17.7 Å². The van der Waals surface area contributed by atoms with Crippen molar-refractivity contribution in [2.24, 2.45) is 0 Å². The summed E-state index contributed by atoms with van der Waals surface area (Å²) in [7, 11) is 0. The zero-order valence-electron chi connectivity index (χ0n) is 3.94. The van der Waals surface area contributed by atoms with Gasteiger partial charge in [-0.3, -0.25) is 0 Å². The fraction of sp³-hybridized carbons (Fsp3) is 0.500. The zero-order valence-corrected chi connectivity index (χ0v) is 3.94. The average Bonchev–Trinajstić information content (AvgIpc) is 2.19. The van der Waals surface area contributed by atoms with Crippen LogP contribution in [0.25, 0.3) is 0 Å². The van der Waals surface area contributed by atoms with Crippen LogP contribution in [0.2, 0.25) is 0 Å². The molecule has 0 spiro atoms. The van der Waals surface area contributed by atoms with Crippen molar-refractivity contribution >= 4 is 0 Å². The molecular weight excluding hydrogens is 119 g/mol. The lowest BCUT2D eigenvalue weighted by Crippen LogP contribution is -1.93. The van der Waals surface area contributed by atoms with Gasteiger partial charge in [-0.2, -0.15) is 8.78 Å². The Hall–Kier alpha value is -0.690. The van der Waals surface area contributed by atoms with Crippen molar-refractivity contribution in [1.29, 1.82) is 0 Å². The van der Waals surface area contributed by atoms with Crippen molar-refractivity contribution in [2.45, 2.75) is 6.05 Å². The van der Waals surface area contributed by atoms with Gasteiger partial charge >= 0.3 is 6.05 Å². The van der Waals surface area contributed by atoms with E-state index in [1.807, 2.05) is 0 Å². The summed E-state index contributed by atoms with van der Waals surface area (Å²) in [6.07, 6.45) is 8.00. The van der Waals surface area contributed by atoms with E-state index in [1.165, 1.54) is 0 Å². The molecule has 0 aromatic heterocycles. The summed E-state index contributed by atoms with van der Waals surface area (Å²) in [4.78, 5) is 0. The van der Waals surface area contributed by atoms with Crippen molar-refractivity contribution in [2.75, 3.05) is 6.54 Å². The molecule has 0 N–H and O–H groups in total. The summed E-state index contributed by atoms with van der Waals surface area (Å²) < 4.78 is 33.1. The molecule has 1 aliphatic rings. The molecule has 0 amide bonds. The first-order valence-corrected chi connectivity index (χ1v) is 1.77. The van der Waals surface area contributed by atoms with E-state index in [9.17, 15) is 13.3 Å². The molecule has 0 bridgehead atoms. The monoisotopic (exact) mass is 123 g/mol. The second-order valence-corrected chi connectivity index (χ2v) is 1.19. The van der Waals surface area contributed by atoms with E-state index in [4.69, 9.17) is 0 Å². The van der Waals surface area contributed by atoms with Crippen LogP contribution in [0, 0.1) is 12.8 Å². The third kappa shape index (κ3) is 1.43. The number of hydrogen-bond acceptors (Lipinski definition) is 1. The van der Waals surface area contributed by atoms with E-state index in [0.717, 1.165) is 0 Å². The molecule has 1 atom stereocenters. The third-order valence-corrected chi connectivity index (χ3v) is 0.581. The van der Waals surface area contributed by atoms with Gasteiger partial charge in [0.1, 0.15) is 6.54 Å². The minimum atomic E-state index is -3.12. The first-order valence-electron chi connectivity index (χ1n) is 1.77. The van der Waals surface area contributed by atoms with Crippen molar-refractivity contribution in [1.82, 2.24) is 5.12 Å². The summed E-state index contributed by atoms with van der Waals surface area (Å²) in [5.74, 6) is 0. The van der Waals surface area contributed by atoms with Crippen LogP contribution in [0.4, 0.5) is 13.3 Å². The highest BCUT2D eigenvalue weighted by atomic mass is 19.3. The van der Waals surface area contributed by atoms with E-state index in [0.29, 0.717) is 0 Å². The molecular formula is C4H4F3N. The lowest BCUT2D eigenvalue weighted by atomic mass is 10.9. The molecule has 1 aliphatic heterocycles. The Labute approximate surface area is 45.0 Å². The maximum atomic E-state index is 11.1. The van der Waals surface area contributed by atoms with Gasteiger partial charge in [-0.15, -0.1) is 17.3 Å². The smallest absolute Gasteiger partial charge is 0.184 e. The normalized spacial score (nSPS) is 29.9. The first kappa shape index (κ1) is 7.31. The van der Waals surface area contributed by atoms with E-state index in [1.54, 1.807) is 0 Å². The minimum Gasteiger partial charge on any atom is -0.184 e. The van der Waals surface area contributed by atoms with Crippen LogP contribution in [0.3, 0.4) is 0 Å². The van der Waals surface area contributed by atoms with Gasteiger partial charge in [-0.05, 0) is 0 Å². The van der Waals surface area contributed by atoms with Crippen molar-refractivity contribution in [3.63, 3.8) is 0 Å². The number of rotatable bonds is 0. The van der Waals surface area contributed by atoms with Crippen LogP contribution in [0.15, 0.2) is 0 Å². The highest BCUT2D eigenvalue weighted by molar-refractivity contribution is 4.79. The molecule has 0 radical (unpaired) electrons. The molecule has 1 rings (SSSR count). The van der Waals surface area contributed by atoms with E-state index in [-0.39, 0.29) is 0 Å². The van der Waals surface area contributed by atoms with Crippen molar-refractivity contribution in [3.8, 4) is 12.8 Å². The summed E-state index contributed by atoms with van der Waals surface area (Å²) >= 11 is 0. The van der Waals surface area contributed by atoms with Gasteiger partial charge in [0.25, 0.3) is 0 Å². The largest absolute Gasteiger partial charge is 0.345 e. The number of halogens is 3. The highest BCUT2D eigenvalue weighted by Crippen LogP contribution is 2.34. The van der Waals surface area contributed by atoms with Gasteiger partial charge in [-0.1, -0.05) is 5.12 Å². The van der Waals surface area contributed by atoms with Gasteiger partial charge in [0.15, 0.2) is 0 Å². The number of hydrogen-bond donors (Lipinski definition) is 0. The Morgan fingerprint density at radius 1 is 1.38 bits per heavy atom.